The Morgan fingerprint density at radius 2 is 2.03 bits per heavy atom. The number of benzene rings is 1. The van der Waals surface area contributed by atoms with Crippen molar-refractivity contribution >= 4 is 28.0 Å². The Morgan fingerprint density at radius 1 is 1.19 bits per heavy atom. The second-order valence-electron chi connectivity index (χ2n) is 6.71. The van der Waals surface area contributed by atoms with Gasteiger partial charge in [-0.05, 0) is 31.2 Å². The fourth-order valence-corrected chi connectivity index (χ4v) is 4.19. The van der Waals surface area contributed by atoms with Gasteiger partial charge in [-0.15, -0.1) is 0 Å². The van der Waals surface area contributed by atoms with Gasteiger partial charge in [-0.2, -0.15) is 0 Å². The Hall–Kier alpha value is -4.05. The third-order valence-corrected chi connectivity index (χ3v) is 5.97. The van der Waals surface area contributed by atoms with Crippen LogP contribution in [0.15, 0.2) is 61.6 Å². The summed E-state index contributed by atoms with van der Waals surface area (Å²) in [6.07, 6.45) is 8.40. The number of amides is 1. The molecule has 0 saturated heterocycles. The van der Waals surface area contributed by atoms with E-state index in [4.69, 9.17) is 4.74 Å². The standard InChI is InChI=1S/C21H17N7O2S/c1-13-19(20(29)26-17-9-18(24-11-23-17)27-8-7-22-12-27)31-21-25-16(10-28(13)21)14-3-5-15(30-2)6-4-14/h3-12H,1-2H3,(H,23,24,26,29). The first-order valence-electron chi connectivity index (χ1n) is 9.37. The number of carbonyl (C=O) groups excluding carboxylic acids is 1. The van der Waals surface area contributed by atoms with Gasteiger partial charge in [-0.1, -0.05) is 11.3 Å². The molecule has 0 radical (unpaired) electrons. The van der Waals surface area contributed by atoms with Crippen LogP contribution in [-0.2, 0) is 0 Å². The summed E-state index contributed by atoms with van der Waals surface area (Å²) < 4.78 is 8.87. The number of nitrogens with zero attached hydrogens (tertiary/aromatic N) is 6. The zero-order valence-electron chi connectivity index (χ0n) is 16.7. The lowest BCUT2D eigenvalue weighted by Gasteiger charge is -2.06. The number of anilines is 1. The molecular weight excluding hydrogens is 414 g/mol. The first kappa shape index (κ1) is 18.9. The number of methoxy groups -OCH3 is 1. The van der Waals surface area contributed by atoms with Crippen LogP contribution in [0.1, 0.15) is 15.4 Å². The summed E-state index contributed by atoms with van der Waals surface area (Å²) in [6, 6.07) is 9.40. The molecule has 0 fully saturated rings. The van der Waals surface area contributed by atoms with E-state index in [2.05, 4.69) is 25.3 Å². The average molecular weight is 431 g/mol. The Bertz CT molecular complexity index is 1370. The molecule has 31 heavy (non-hydrogen) atoms. The second-order valence-corrected chi connectivity index (χ2v) is 7.69. The van der Waals surface area contributed by atoms with Crippen LogP contribution >= 0.6 is 11.3 Å². The van der Waals surface area contributed by atoms with E-state index in [9.17, 15) is 4.79 Å². The zero-order valence-corrected chi connectivity index (χ0v) is 17.5. The third-order valence-electron chi connectivity index (χ3n) is 4.81. The monoisotopic (exact) mass is 431 g/mol. The number of thiazole rings is 1. The number of nitrogens with one attached hydrogen (secondary N) is 1. The van der Waals surface area contributed by atoms with E-state index in [1.165, 1.54) is 17.7 Å². The van der Waals surface area contributed by atoms with Crippen molar-refractivity contribution in [2.24, 2.45) is 0 Å². The maximum atomic E-state index is 12.9. The summed E-state index contributed by atoms with van der Waals surface area (Å²) >= 11 is 1.33. The van der Waals surface area contributed by atoms with Crippen molar-refractivity contribution in [1.82, 2.24) is 28.9 Å². The van der Waals surface area contributed by atoms with Crippen molar-refractivity contribution in [3.63, 3.8) is 0 Å². The van der Waals surface area contributed by atoms with Gasteiger partial charge in [0.05, 0.1) is 12.8 Å². The summed E-state index contributed by atoms with van der Waals surface area (Å²) in [5.41, 5.74) is 2.63. The lowest BCUT2D eigenvalue weighted by molar-refractivity contribution is 0.102. The van der Waals surface area contributed by atoms with Crippen LogP contribution in [0.5, 0.6) is 5.75 Å². The van der Waals surface area contributed by atoms with Gasteiger partial charge in [-0.25, -0.2) is 19.9 Å². The maximum Gasteiger partial charge on any atom is 0.268 e. The normalized spacial score (nSPS) is 11.0. The van der Waals surface area contributed by atoms with Gasteiger partial charge in [0.15, 0.2) is 4.96 Å². The van der Waals surface area contributed by atoms with Crippen LogP contribution < -0.4 is 10.1 Å². The van der Waals surface area contributed by atoms with Crippen LogP contribution in [0, 0.1) is 6.92 Å². The van der Waals surface area contributed by atoms with E-state index in [0.717, 1.165) is 27.7 Å². The maximum absolute atomic E-state index is 12.9. The molecule has 1 amide bonds. The zero-order chi connectivity index (χ0) is 21.4. The van der Waals surface area contributed by atoms with Crippen molar-refractivity contribution in [3.05, 3.63) is 72.1 Å². The van der Waals surface area contributed by atoms with E-state index in [0.29, 0.717) is 16.5 Å². The Kier molecular flexibility index (Phi) is 4.68. The summed E-state index contributed by atoms with van der Waals surface area (Å²) in [4.78, 5) is 31.2. The molecule has 0 bridgehead atoms. The molecule has 0 aliphatic heterocycles. The Labute approximate surface area is 181 Å². The van der Waals surface area contributed by atoms with Gasteiger partial charge in [0.25, 0.3) is 5.91 Å². The van der Waals surface area contributed by atoms with Gasteiger partial charge in [0.2, 0.25) is 0 Å². The van der Waals surface area contributed by atoms with Crippen LogP contribution in [-0.4, -0.2) is 41.9 Å². The SMILES string of the molecule is COc1ccc(-c2cn3c(C)c(C(=O)Nc4cc(-n5ccnc5)ncn4)sc3n2)cc1. The van der Waals surface area contributed by atoms with Gasteiger partial charge < -0.3 is 10.1 Å². The minimum Gasteiger partial charge on any atom is -0.497 e. The Balaban J connectivity index is 1.40. The van der Waals surface area contributed by atoms with Crippen LogP contribution in [0.25, 0.3) is 22.0 Å². The lowest BCUT2D eigenvalue weighted by atomic mass is 10.2. The summed E-state index contributed by atoms with van der Waals surface area (Å²) in [5, 5.41) is 2.84. The van der Waals surface area contributed by atoms with E-state index in [-0.39, 0.29) is 5.91 Å². The summed E-state index contributed by atoms with van der Waals surface area (Å²) in [7, 11) is 1.64. The first-order valence-corrected chi connectivity index (χ1v) is 10.2. The number of rotatable bonds is 5. The second kappa shape index (κ2) is 7.65. The van der Waals surface area contributed by atoms with Crippen LogP contribution in [0.2, 0.25) is 0 Å². The smallest absolute Gasteiger partial charge is 0.268 e. The molecule has 4 aromatic heterocycles. The predicted molar refractivity (Wildman–Crippen MR) is 117 cm³/mol. The minimum absolute atomic E-state index is 0.241. The lowest BCUT2D eigenvalue weighted by Crippen LogP contribution is -2.13. The van der Waals surface area contributed by atoms with E-state index >= 15 is 0 Å². The van der Waals surface area contributed by atoms with Crippen molar-refractivity contribution < 1.29 is 9.53 Å². The molecule has 0 aliphatic rings. The molecule has 5 aromatic rings. The molecule has 1 N–H and O–H groups in total. The topological polar surface area (TPSA) is 99.2 Å². The van der Waals surface area contributed by atoms with Crippen LogP contribution in [0.4, 0.5) is 5.82 Å². The highest BCUT2D eigenvalue weighted by Crippen LogP contribution is 2.28. The highest BCUT2D eigenvalue weighted by Gasteiger charge is 2.19. The fourth-order valence-electron chi connectivity index (χ4n) is 3.19. The van der Waals surface area contributed by atoms with Crippen molar-refractivity contribution in [1.29, 1.82) is 0 Å². The number of fused-ring (bicyclic) bond motifs is 1. The van der Waals surface area contributed by atoms with Crippen molar-refractivity contribution in [3.8, 4) is 22.8 Å². The molecule has 4 heterocycles. The molecule has 154 valence electrons. The molecular formula is C21H17N7O2S. The van der Waals surface area contributed by atoms with Gasteiger partial charge >= 0.3 is 0 Å². The quantitative estimate of drug-likeness (QED) is 0.456. The van der Waals surface area contributed by atoms with Gasteiger partial charge in [0.1, 0.15) is 34.9 Å². The predicted octanol–water partition coefficient (Wildman–Crippen LogP) is 3.61. The molecule has 10 heteroatoms. The number of imidazole rings is 2. The van der Waals surface area contributed by atoms with Crippen molar-refractivity contribution in [2.45, 2.75) is 6.92 Å². The molecule has 5 rings (SSSR count). The first-order chi connectivity index (χ1) is 15.1. The van der Waals surface area contributed by atoms with Crippen molar-refractivity contribution in [2.75, 3.05) is 12.4 Å². The van der Waals surface area contributed by atoms with E-state index in [1.807, 2.05) is 41.8 Å². The number of ether oxygens (including phenoxy) is 1. The number of aryl methyl sites for hydroxylation is 1. The number of aromatic nitrogens is 6. The minimum atomic E-state index is -0.241. The van der Waals surface area contributed by atoms with E-state index < -0.39 is 0 Å². The third kappa shape index (κ3) is 3.53. The largest absolute Gasteiger partial charge is 0.497 e. The number of hydrogen-bond acceptors (Lipinski definition) is 7. The fraction of sp³-hybridized carbons (Fsp3) is 0.0952. The molecule has 0 unspecified atom stereocenters. The number of carbonyl (C=O) groups is 1. The molecule has 0 spiro atoms. The van der Waals surface area contributed by atoms with Gasteiger partial charge in [-0.3, -0.25) is 13.8 Å². The summed E-state index contributed by atoms with van der Waals surface area (Å²) in [6.45, 7) is 1.90. The van der Waals surface area contributed by atoms with Crippen LogP contribution in [0.3, 0.4) is 0 Å². The highest BCUT2D eigenvalue weighted by atomic mass is 32.1. The molecule has 0 saturated carbocycles. The molecule has 0 aliphatic carbocycles. The Morgan fingerprint density at radius 3 is 2.74 bits per heavy atom. The molecule has 0 atom stereocenters. The molecule has 1 aromatic carbocycles. The highest BCUT2D eigenvalue weighted by molar-refractivity contribution is 7.19. The summed E-state index contributed by atoms with van der Waals surface area (Å²) in [5.74, 6) is 1.58. The average Bonchev–Trinajstić information content (AvgIpc) is 3.52. The van der Waals surface area contributed by atoms with E-state index in [1.54, 1.807) is 36.5 Å². The van der Waals surface area contributed by atoms with Gasteiger partial charge in [0, 0.05) is 35.9 Å². The number of hydrogen-bond donors (Lipinski definition) is 1. The molecule has 9 nitrogen and oxygen atoms in total.